The van der Waals surface area contributed by atoms with Gasteiger partial charge < -0.3 is 30.1 Å². The maximum Gasteiger partial charge on any atom is 0.305 e. The number of carboxylic acids is 1. The Hall–Kier alpha value is -4.06. The van der Waals surface area contributed by atoms with Crippen LogP contribution in [0.4, 0.5) is 4.39 Å². The number of halogens is 2. The molecule has 2 aliphatic heterocycles. The van der Waals surface area contributed by atoms with Crippen LogP contribution in [0.25, 0.3) is 5.57 Å². The van der Waals surface area contributed by atoms with Crippen molar-refractivity contribution in [2.45, 2.75) is 82.6 Å². The Labute approximate surface area is 300 Å². The lowest BCUT2D eigenvalue weighted by molar-refractivity contribution is -0.141. The van der Waals surface area contributed by atoms with Gasteiger partial charge in [0.15, 0.2) is 0 Å². The number of aryl methyl sites for hydroxylation is 2. The Bertz CT molecular complexity index is 1760. The molecule has 0 unspecified atom stereocenters. The highest BCUT2D eigenvalue weighted by Gasteiger charge is 2.43. The average molecular weight is 749 g/mol. The molecule has 2 bridgehead atoms. The number of amides is 2. The van der Waals surface area contributed by atoms with E-state index in [1.54, 1.807) is 11.0 Å². The minimum atomic E-state index is -1.27. The first-order valence-corrected chi connectivity index (χ1v) is 18.0. The number of benzene rings is 3. The molecule has 0 aromatic heterocycles. The molecule has 264 valence electrons. The first-order chi connectivity index (χ1) is 24.0. The Morgan fingerprint density at radius 2 is 1.82 bits per heavy atom. The van der Waals surface area contributed by atoms with Gasteiger partial charge in [-0.15, -0.1) is 0 Å². The maximum absolute atomic E-state index is 14.7. The van der Waals surface area contributed by atoms with E-state index in [0.29, 0.717) is 41.9 Å². The predicted molar refractivity (Wildman–Crippen MR) is 191 cm³/mol. The van der Waals surface area contributed by atoms with E-state index in [0.717, 1.165) is 53.5 Å². The molecule has 3 atom stereocenters. The van der Waals surface area contributed by atoms with Crippen LogP contribution in [0, 0.1) is 12.7 Å². The summed E-state index contributed by atoms with van der Waals surface area (Å²) < 4.78 is 20.1. The van der Waals surface area contributed by atoms with Crippen molar-refractivity contribution in [3.05, 3.63) is 105 Å². The van der Waals surface area contributed by atoms with Gasteiger partial charge in [-0.3, -0.25) is 14.4 Å². The van der Waals surface area contributed by atoms with Crippen molar-refractivity contribution in [3.8, 4) is 5.75 Å². The molecule has 3 N–H and O–H groups in total. The van der Waals surface area contributed by atoms with Crippen molar-refractivity contribution in [2.75, 3.05) is 19.7 Å². The topological polar surface area (TPSA) is 119 Å². The summed E-state index contributed by atoms with van der Waals surface area (Å²) in [6.45, 7) is 3.64. The van der Waals surface area contributed by atoms with Gasteiger partial charge in [-0.1, -0.05) is 48.5 Å². The Morgan fingerprint density at radius 1 is 1.06 bits per heavy atom. The monoisotopic (exact) mass is 747 g/mol. The molecule has 9 nitrogen and oxygen atoms in total. The molecule has 11 heteroatoms. The highest BCUT2D eigenvalue weighted by molar-refractivity contribution is 9.10. The zero-order chi connectivity index (χ0) is 35.4. The van der Waals surface area contributed by atoms with E-state index in [4.69, 9.17) is 9.84 Å². The second-order valence-corrected chi connectivity index (χ2v) is 14.4. The molecule has 2 amide bonds. The van der Waals surface area contributed by atoms with Gasteiger partial charge >= 0.3 is 5.97 Å². The number of aliphatic hydroxyl groups excluding tert-OH is 1. The molecular formula is C39H43BrFN3O6. The van der Waals surface area contributed by atoms with Crippen LogP contribution in [0.5, 0.6) is 5.75 Å². The first kappa shape index (κ1) is 35.8. The highest BCUT2D eigenvalue weighted by atomic mass is 79.9. The number of carbonyl (C=O) groups is 3. The van der Waals surface area contributed by atoms with Crippen LogP contribution in [0.3, 0.4) is 0 Å². The normalized spacial score (nSPS) is 19.2. The fourth-order valence-corrected chi connectivity index (χ4v) is 7.33. The maximum atomic E-state index is 14.7. The fourth-order valence-electron chi connectivity index (χ4n) is 6.97. The number of aliphatic hydroxyl groups is 1. The molecule has 3 aromatic carbocycles. The van der Waals surface area contributed by atoms with Crippen LogP contribution in [-0.2, 0) is 27.3 Å². The molecule has 3 aliphatic rings. The minimum Gasteiger partial charge on any atom is -0.492 e. The third-order valence-corrected chi connectivity index (χ3v) is 10.4. The number of carboxylic acid groups (broad SMARTS) is 1. The number of carbonyl (C=O) groups excluding carboxylic acids is 2. The second-order valence-electron chi connectivity index (χ2n) is 13.6. The van der Waals surface area contributed by atoms with Crippen molar-refractivity contribution in [3.63, 3.8) is 0 Å². The van der Waals surface area contributed by atoms with Crippen molar-refractivity contribution in [2.24, 2.45) is 0 Å². The smallest absolute Gasteiger partial charge is 0.305 e. The molecule has 1 aliphatic carbocycles. The third kappa shape index (κ3) is 8.80. The molecule has 2 fully saturated rings. The molecule has 6 rings (SSSR count). The van der Waals surface area contributed by atoms with E-state index in [9.17, 15) is 23.9 Å². The molecular weight excluding hydrogens is 705 g/mol. The average Bonchev–Trinajstić information content (AvgIpc) is 3.92. The molecule has 50 heavy (non-hydrogen) atoms. The lowest BCUT2D eigenvalue weighted by atomic mass is 9.82. The zero-order valence-corrected chi connectivity index (χ0v) is 29.7. The SMILES string of the molecule is Cc1ccccc1CN(C(=O)C1=C(c2ccc(CCCOc3cc(F)ccc3Br)cc2)C[C@@H]2CN(C(=O)C[C@@H](O)CC(=O)O)C[C@H]1N2)C1CC1. The molecule has 0 radical (unpaired) electrons. The van der Waals surface area contributed by atoms with Crippen LogP contribution < -0.4 is 10.1 Å². The van der Waals surface area contributed by atoms with E-state index in [1.807, 2.05) is 17.0 Å². The molecule has 1 saturated heterocycles. The van der Waals surface area contributed by atoms with Crippen LogP contribution in [0.1, 0.15) is 60.8 Å². The van der Waals surface area contributed by atoms with Crippen LogP contribution in [-0.4, -0.2) is 81.7 Å². The van der Waals surface area contributed by atoms with Gasteiger partial charge in [0, 0.05) is 43.4 Å². The molecule has 0 spiro atoms. The Morgan fingerprint density at radius 3 is 2.54 bits per heavy atom. The number of ether oxygens (including phenoxy) is 1. The van der Waals surface area contributed by atoms with Crippen LogP contribution in [0.2, 0.25) is 0 Å². The van der Waals surface area contributed by atoms with Crippen molar-refractivity contribution >= 4 is 39.3 Å². The number of hydrogen-bond acceptors (Lipinski definition) is 6. The van der Waals surface area contributed by atoms with Gasteiger partial charge in [0.05, 0.1) is 36.1 Å². The Kier molecular flexibility index (Phi) is 11.3. The van der Waals surface area contributed by atoms with Gasteiger partial charge in [-0.05, 0) is 94.9 Å². The fraction of sp³-hybridized carbons (Fsp3) is 0.410. The van der Waals surface area contributed by atoms with E-state index in [1.165, 1.54) is 12.1 Å². The molecule has 1 saturated carbocycles. The summed E-state index contributed by atoms with van der Waals surface area (Å²) in [6, 6.07) is 20.4. The zero-order valence-electron chi connectivity index (χ0n) is 28.1. The highest BCUT2D eigenvalue weighted by Crippen LogP contribution is 2.38. The van der Waals surface area contributed by atoms with Crippen molar-refractivity contribution < 1.29 is 33.7 Å². The quantitative estimate of drug-likeness (QED) is 0.183. The van der Waals surface area contributed by atoms with Gasteiger partial charge in [0.1, 0.15) is 11.6 Å². The van der Waals surface area contributed by atoms with E-state index >= 15 is 0 Å². The van der Waals surface area contributed by atoms with Crippen LogP contribution in [0.15, 0.2) is 76.8 Å². The van der Waals surface area contributed by atoms with Gasteiger partial charge in [-0.25, -0.2) is 4.39 Å². The summed E-state index contributed by atoms with van der Waals surface area (Å²) in [6.07, 6.45) is 1.89. The largest absolute Gasteiger partial charge is 0.492 e. The van der Waals surface area contributed by atoms with E-state index in [2.05, 4.69) is 64.6 Å². The number of nitrogens with one attached hydrogen (secondary N) is 1. The number of aliphatic carboxylic acids is 1. The Balaban J connectivity index is 1.23. The number of hydrogen-bond donors (Lipinski definition) is 3. The predicted octanol–water partition coefficient (Wildman–Crippen LogP) is 5.65. The summed E-state index contributed by atoms with van der Waals surface area (Å²) in [5.41, 5.74) is 5.95. The number of fused-ring (bicyclic) bond motifs is 2. The number of rotatable bonds is 14. The number of nitrogens with zero attached hydrogens (tertiary/aromatic N) is 2. The van der Waals surface area contributed by atoms with E-state index < -0.39 is 24.5 Å². The number of piperazine rings is 1. The van der Waals surface area contributed by atoms with Gasteiger partial charge in [0.2, 0.25) is 5.91 Å². The lowest BCUT2D eigenvalue weighted by Gasteiger charge is -2.45. The summed E-state index contributed by atoms with van der Waals surface area (Å²) >= 11 is 3.40. The summed E-state index contributed by atoms with van der Waals surface area (Å²) in [5, 5.41) is 22.9. The lowest BCUT2D eigenvalue weighted by Crippen LogP contribution is -2.62. The third-order valence-electron chi connectivity index (χ3n) is 9.72. The standard InChI is InChI=1S/C39H43BrFN3O6/c1-24-5-2-3-7-27(24)21-44(30-13-14-30)39(49)38-32(18-29-22-43(23-34(38)42-29)36(46)19-31(45)20-37(47)48)26-10-8-25(9-11-26)6-4-16-50-35-17-28(41)12-15-33(35)40/h2-3,5,7-12,15,17,29-31,34,42,45H,4,6,13-14,16,18-23H2,1H3,(H,47,48)/t29-,31-,34-/m1/s1. The van der Waals surface area contributed by atoms with Gasteiger partial charge in [0.25, 0.3) is 5.91 Å². The minimum absolute atomic E-state index is 0.0355. The van der Waals surface area contributed by atoms with Gasteiger partial charge in [-0.2, -0.15) is 0 Å². The summed E-state index contributed by atoms with van der Waals surface area (Å²) in [4.78, 5) is 42.7. The van der Waals surface area contributed by atoms with Crippen LogP contribution >= 0.6 is 15.9 Å². The molecule has 2 heterocycles. The van der Waals surface area contributed by atoms with E-state index in [-0.39, 0.29) is 42.7 Å². The first-order valence-electron chi connectivity index (χ1n) is 17.2. The second kappa shape index (κ2) is 15.9. The summed E-state index contributed by atoms with van der Waals surface area (Å²) in [5.74, 6) is -1.39. The summed E-state index contributed by atoms with van der Waals surface area (Å²) in [7, 11) is 0. The van der Waals surface area contributed by atoms with Crippen molar-refractivity contribution in [1.29, 1.82) is 0 Å². The van der Waals surface area contributed by atoms with Crippen molar-refractivity contribution in [1.82, 2.24) is 15.1 Å². The molecule has 3 aromatic rings.